The third kappa shape index (κ3) is 8.31. The molecule has 0 radical (unpaired) electrons. The van der Waals surface area contributed by atoms with Crippen LogP contribution in [0.3, 0.4) is 0 Å². The number of carbonyl (C=O) groups is 3. The molecule has 1 aromatic heterocycles. The minimum absolute atomic E-state index is 0.00340. The molecule has 10 nitrogen and oxygen atoms in total. The lowest BCUT2D eigenvalue weighted by atomic mass is 9.84. The Labute approximate surface area is 315 Å². The van der Waals surface area contributed by atoms with Gasteiger partial charge in [-0.25, -0.2) is 0 Å². The normalized spacial score (nSPS) is 27.6. The van der Waals surface area contributed by atoms with E-state index < -0.39 is 5.97 Å². The number of ether oxygens (including phenoxy) is 1. The van der Waals surface area contributed by atoms with Crippen LogP contribution in [-0.2, 0) is 20.7 Å². The van der Waals surface area contributed by atoms with Gasteiger partial charge in [-0.2, -0.15) is 0 Å². The highest BCUT2D eigenvalue weighted by Gasteiger charge is 2.40. The number of carboxylic acid groups (broad SMARTS) is 1. The average Bonchev–Trinajstić information content (AvgIpc) is 3.78. The maximum Gasteiger partial charge on any atom is 0.306 e. The number of halogens is 2. The highest BCUT2D eigenvalue weighted by atomic mass is 35.5. The SMILES string of the molecule is CC1CCCCC1N1CCN([C@H]2C[C@@H](CO[C@H]3CC[C@H](C(=O)O)CC3)N(C(=O)Cc3cc(Cl)c(NC(=O)c4coc5ccccc45)cc3Cl)C2)CC1. The molecule has 12 heteroatoms. The second kappa shape index (κ2) is 16.5. The number of rotatable bonds is 10. The number of carboxylic acids is 1. The molecule has 2 saturated carbocycles. The molecule has 3 aromatic rings. The first-order chi connectivity index (χ1) is 25.1. The van der Waals surface area contributed by atoms with Crippen LogP contribution in [0.25, 0.3) is 11.0 Å². The zero-order valence-corrected chi connectivity index (χ0v) is 31.4. The zero-order valence-electron chi connectivity index (χ0n) is 29.9. The molecule has 4 aliphatic rings. The Balaban J connectivity index is 1.01. The summed E-state index contributed by atoms with van der Waals surface area (Å²) in [6.07, 6.45) is 10.3. The van der Waals surface area contributed by atoms with Gasteiger partial charge in [0.15, 0.2) is 0 Å². The molecule has 3 heterocycles. The van der Waals surface area contributed by atoms with E-state index in [0.29, 0.717) is 64.8 Å². The molecule has 0 spiro atoms. The van der Waals surface area contributed by atoms with Crippen LogP contribution in [0.1, 0.15) is 80.6 Å². The minimum Gasteiger partial charge on any atom is -0.481 e. The molecule has 4 atom stereocenters. The van der Waals surface area contributed by atoms with Crippen molar-refractivity contribution in [3.8, 4) is 0 Å². The van der Waals surface area contributed by atoms with Crippen molar-refractivity contribution in [3.05, 3.63) is 63.8 Å². The predicted molar refractivity (Wildman–Crippen MR) is 202 cm³/mol. The maximum absolute atomic E-state index is 14.1. The van der Waals surface area contributed by atoms with E-state index in [0.717, 1.165) is 51.4 Å². The maximum atomic E-state index is 14.1. The summed E-state index contributed by atoms with van der Waals surface area (Å²) in [5, 5.41) is 13.6. The smallest absolute Gasteiger partial charge is 0.306 e. The van der Waals surface area contributed by atoms with Gasteiger partial charge in [0.05, 0.1) is 47.4 Å². The number of piperazine rings is 1. The van der Waals surface area contributed by atoms with E-state index >= 15 is 0 Å². The minimum atomic E-state index is -0.729. The fourth-order valence-electron chi connectivity index (χ4n) is 9.04. The standard InChI is InChI=1S/C40H50Cl2N4O6/c1-25-6-2-4-8-36(25)45-16-14-44(15-17-45)28-20-29(23-51-30-12-10-26(11-13-30)40(49)50)46(22-28)38(47)19-27-18-34(42)35(21-33(27)41)43-39(48)32-24-52-37-9-5-3-7-31(32)37/h3,5,7,9,18,21,24-26,28-30,36H,2,4,6,8,10-17,19-20,22-23H2,1H3,(H,43,48)(H,49,50)/t25?,26-,28-,29-,30-,36?/m0/s1. The predicted octanol–water partition coefficient (Wildman–Crippen LogP) is 7.36. The van der Waals surface area contributed by atoms with Crippen LogP contribution in [0.5, 0.6) is 0 Å². The molecule has 4 fully saturated rings. The van der Waals surface area contributed by atoms with E-state index in [1.165, 1.54) is 31.9 Å². The Kier molecular flexibility index (Phi) is 11.8. The van der Waals surface area contributed by atoms with Crippen LogP contribution in [0.15, 0.2) is 47.1 Å². The Morgan fingerprint density at radius 1 is 0.942 bits per heavy atom. The van der Waals surface area contributed by atoms with Gasteiger partial charge in [-0.1, -0.05) is 61.2 Å². The lowest BCUT2D eigenvalue weighted by Gasteiger charge is -2.44. The van der Waals surface area contributed by atoms with Crippen molar-refractivity contribution < 1.29 is 28.6 Å². The summed E-state index contributed by atoms with van der Waals surface area (Å²) in [5.74, 6) is -0.698. The number of anilines is 1. The molecule has 2 unspecified atom stereocenters. The second-order valence-corrected chi connectivity index (χ2v) is 16.1. The molecule has 2 aromatic carbocycles. The molecule has 7 rings (SSSR count). The number of hydrogen-bond acceptors (Lipinski definition) is 7. The first-order valence-electron chi connectivity index (χ1n) is 19.0. The highest BCUT2D eigenvalue weighted by molar-refractivity contribution is 6.36. The van der Waals surface area contributed by atoms with Crippen molar-refractivity contribution in [2.45, 2.75) is 95.4 Å². The number of likely N-dealkylation sites (tertiary alicyclic amines) is 1. The summed E-state index contributed by atoms with van der Waals surface area (Å²) in [6.45, 7) is 7.55. The summed E-state index contributed by atoms with van der Waals surface area (Å²) in [6, 6.07) is 11.4. The zero-order chi connectivity index (χ0) is 36.4. The quantitative estimate of drug-likeness (QED) is 0.221. The van der Waals surface area contributed by atoms with Crippen LogP contribution >= 0.6 is 23.2 Å². The van der Waals surface area contributed by atoms with E-state index in [4.69, 9.17) is 32.4 Å². The summed E-state index contributed by atoms with van der Waals surface area (Å²) in [5.41, 5.74) is 1.94. The number of nitrogens with one attached hydrogen (secondary N) is 1. The van der Waals surface area contributed by atoms with Gasteiger partial charge in [0.2, 0.25) is 5.91 Å². The van der Waals surface area contributed by atoms with Crippen molar-refractivity contribution in [3.63, 3.8) is 0 Å². The molecular weight excluding hydrogens is 703 g/mol. The Morgan fingerprint density at radius 2 is 1.67 bits per heavy atom. The third-order valence-corrected chi connectivity index (χ3v) is 12.8. The van der Waals surface area contributed by atoms with Crippen molar-refractivity contribution in [1.29, 1.82) is 0 Å². The summed E-state index contributed by atoms with van der Waals surface area (Å²) >= 11 is 13.4. The van der Waals surface area contributed by atoms with Crippen molar-refractivity contribution in [2.24, 2.45) is 11.8 Å². The molecular formula is C40H50Cl2N4O6. The van der Waals surface area contributed by atoms with Crippen LogP contribution < -0.4 is 5.32 Å². The Hall–Kier alpha value is -3.15. The van der Waals surface area contributed by atoms with E-state index in [-0.39, 0.29) is 47.4 Å². The number of para-hydroxylation sites is 1. The monoisotopic (exact) mass is 752 g/mol. The van der Waals surface area contributed by atoms with Crippen molar-refractivity contribution in [1.82, 2.24) is 14.7 Å². The molecule has 2 aliphatic heterocycles. The number of nitrogens with zero attached hydrogens (tertiary/aromatic N) is 3. The molecule has 0 bridgehead atoms. The average molecular weight is 754 g/mol. The van der Waals surface area contributed by atoms with Gasteiger partial charge in [-0.05, 0) is 74.6 Å². The molecule has 2 aliphatic carbocycles. The molecule has 2 saturated heterocycles. The fourth-order valence-corrected chi connectivity index (χ4v) is 9.51. The Morgan fingerprint density at radius 3 is 2.42 bits per heavy atom. The largest absolute Gasteiger partial charge is 0.481 e. The topological polar surface area (TPSA) is 116 Å². The van der Waals surface area contributed by atoms with Crippen molar-refractivity contribution in [2.75, 3.05) is 44.6 Å². The van der Waals surface area contributed by atoms with Crippen LogP contribution in [-0.4, -0.2) is 101 Å². The van der Waals surface area contributed by atoms with Gasteiger partial charge in [-0.15, -0.1) is 0 Å². The molecule has 2 amide bonds. The summed E-state index contributed by atoms with van der Waals surface area (Å²) < 4.78 is 11.9. The lowest BCUT2D eigenvalue weighted by molar-refractivity contribution is -0.144. The van der Waals surface area contributed by atoms with Gasteiger partial charge >= 0.3 is 5.97 Å². The number of fused-ring (bicyclic) bond motifs is 1. The molecule has 2 N–H and O–H groups in total. The van der Waals surface area contributed by atoms with E-state index in [9.17, 15) is 19.5 Å². The molecule has 280 valence electrons. The number of furan rings is 1. The number of amides is 2. The fraction of sp³-hybridized carbons (Fsp3) is 0.575. The third-order valence-electron chi connectivity index (χ3n) is 12.1. The number of aliphatic carboxylic acids is 1. The summed E-state index contributed by atoms with van der Waals surface area (Å²) in [4.78, 5) is 46.0. The second-order valence-electron chi connectivity index (χ2n) is 15.3. The van der Waals surface area contributed by atoms with Gasteiger partial charge in [-0.3, -0.25) is 24.2 Å². The Bertz CT molecular complexity index is 1750. The van der Waals surface area contributed by atoms with Crippen molar-refractivity contribution >= 4 is 57.6 Å². The van der Waals surface area contributed by atoms with E-state index in [1.54, 1.807) is 18.2 Å². The van der Waals surface area contributed by atoms with Gasteiger partial charge in [0.25, 0.3) is 5.91 Å². The molecule has 52 heavy (non-hydrogen) atoms. The van der Waals surface area contributed by atoms with Crippen LogP contribution in [0, 0.1) is 11.8 Å². The number of carbonyl (C=O) groups excluding carboxylic acids is 2. The van der Waals surface area contributed by atoms with E-state index in [2.05, 4.69) is 22.0 Å². The first kappa shape index (κ1) is 37.2. The van der Waals surface area contributed by atoms with E-state index in [1.807, 2.05) is 23.1 Å². The van der Waals surface area contributed by atoms with Crippen LogP contribution in [0.4, 0.5) is 5.69 Å². The van der Waals surface area contributed by atoms with Crippen LogP contribution in [0.2, 0.25) is 10.0 Å². The summed E-state index contributed by atoms with van der Waals surface area (Å²) in [7, 11) is 0. The number of hydrogen-bond donors (Lipinski definition) is 2. The lowest BCUT2D eigenvalue weighted by Crippen LogP contribution is -2.55. The van der Waals surface area contributed by atoms with Gasteiger partial charge < -0.3 is 24.5 Å². The van der Waals surface area contributed by atoms with Gasteiger partial charge in [0.1, 0.15) is 11.8 Å². The highest BCUT2D eigenvalue weighted by Crippen LogP contribution is 2.34. The first-order valence-corrected chi connectivity index (χ1v) is 19.8. The number of benzene rings is 2. The van der Waals surface area contributed by atoms with Gasteiger partial charge in [0, 0.05) is 55.2 Å².